The first kappa shape index (κ1) is 13.1. The van der Waals surface area contributed by atoms with Crippen LogP contribution in [0.15, 0.2) is 4.42 Å². The van der Waals surface area contributed by atoms with Gasteiger partial charge >= 0.3 is 0 Å². The van der Waals surface area contributed by atoms with Crippen LogP contribution in [0.5, 0.6) is 0 Å². The molecule has 1 saturated carbocycles. The number of hydrogen-bond acceptors (Lipinski definition) is 5. The number of aliphatic hydroxyl groups excluding tert-OH is 1. The van der Waals surface area contributed by atoms with Gasteiger partial charge in [0.1, 0.15) is 0 Å². The Morgan fingerprint density at radius 3 is 2.79 bits per heavy atom. The van der Waals surface area contributed by atoms with E-state index in [9.17, 15) is 5.11 Å². The Bertz CT molecular complexity index is 421. The predicted octanol–water partition coefficient (Wildman–Crippen LogP) is 1.89. The zero-order valence-electron chi connectivity index (χ0n) is 11.6. The Kier molecular flexibility index (Phi) is 3.84. The van der Waals surface area contributed by atoms with E-state index in [2.05, 4.69) is 15.1 Å². The van der Waals surface area contributed by atoms with E-state index in [-0.39, 0.29) is 6.10 Å². The van der Waals surface area contributed by atoms with Gasteiger partial charge < -0.3 is 9.52 Å². The van der Waals surface area contributed by atoms with E-state index in [0.717, 1.165) is 25.9 Å². The highest BCUT2D eigenvalue weighted by Crippen LogP contribution is 2.35. The molecule has 1 aliphatic carbocycles. The van der Waals surface area contributed by atoms with Crippen molar-refractivity contribution in [3.05, 3.63) is 11.8 Å². The van der Waals surface area contributed by atoms with Crippen LogP contribution in [0.2, 0.25) is 0 Å². The van der Waals surface area contributed by atoms with Crippen LogP contribution in [0.1, 0.15) is 50.3 Å². The standard InChI is InChI=1S/C14H23N3O2/c1-10-15-16-14(19-10)9-17-8-4-6-12(17)11-5-2-3-7-13(11)18/h11-13,18H,2-9H2,1H3. The minimum absolute atomic E-state index is 0.122. The number of aliphatic hydroxyl groups is 1. The highest BCUT2D eigenvalue weighted by Gasteiger charge is 2.37. The third-order valence-corrected chi connectivity index (χ3v) is 4.60. The molecule has 1 aromatic heterocycles. The maximum absolute atomic E-state index is 10.2. The van der Waals surface area contributed by atoms with Crippen molar-refractivity contribution >= 4 is 0 Å². The number of aromatic nitrogens is 2. The fraction of sp³-hybridized carbons (Fsp3) is 0.857. The fourth-order valence-corrected chi connectivity index (χ4v) is 3.70. The molecule has 106 valence electrons. The third-order valence-electron chi connectivity index (χ3n) is 4.60. The van der Waals surface area contributed by atoms with Gasteiger partial charge in [0.2, 0.25) is 11.8 Å². The second-order valence-electron chi connectivity index (χ2n) is 5.91. The smallest absolute Gasteiger partial charge is 0.230 e. The van der Waals surface area contributed by atoms with E-state index in [4.69, 9.17) is 4.42 Å². The molecule has 3 unspecified atom stereocenters. The second-order valence-corrected chi connectivity index (χ2v) is 5.91. The molecule has 1 saturated heterocycles. The summed E-state index contributed by atoms with van der Waals surface area (Å²) in [6.07, 6.45) is 6.83. The minimum atomic E-state index is -0.122. The predicted molar refractivity (Wildman–Crippen MR) is 70.4 cm³/mol. The van der Waals surface area contributed by atoms with Crippen LogP contribution in [-0.2, 0) is 6.54 Å². The first-order chi connectivity index (χ1) is 9.24. The SMILES string of the molecule is Cc1nnc(CN2CCCC2C2CCCCC2O)o1. The molecule has 2 aliphatic rings. The van der Waals surface area contributed by atoms with Gasteiger partial charge in [0.15, 0.2) is 0 Å². The zero-order chi connectivity index (χ0) is 13.2. The monoisotopic (exact) mass is 265 g/mol. The summed E-state index contributed by atoms with van der Waals surface area (Å²) in [4.78, 5) is 2.42. The third kappa shape index (κ3) is 2.82. The van der Waals surface area contributed by atoms with E-state index in [1.807, 2.05) is 6.92 Å². The van der Waals surface area contributed by atoms with Crippen LogP contribution in [0.25, 0.3) is 0 Å². The summed E-state index contributed by atoms with van der Waals surface area (Å²) >= 11 is 0. The van der Waals surface area contributed by atoms with Crippen molar-refractivity contribution in [1.29, 1.82) is 0 Å². The lowest BCUT2D eigenvalue weighted by Crippen LogP contribution is -2.42. The molecule has 0 aromatic carbocycles. The lowest BCUT2D eigenvalue weighted by Gasteiger charge is -2.36. The van der Waals surface area contributed by atoms with E-state index in [0.29, 0.717) is 23.7 Å². The lowest BCUT2D eigenvalue weighted by molar-refractivity contribution is 0.0181. The molecule has 0 radical (unpaired) electrons. The quantitative estimate of drug-likeness (QED) is 0.904. The van der Waals surface area contributed by atoms with Crippen molar-refractivity contribution in [1.82, 2.24) is 15.1 Å². The summed E-state index contributed by atoms with van der Waals surface area (Å²) < 4.78 is 5.48. The normalized spacial score (nSPS) is 32.8. The van der Waals surface area contributed by atoms with Crippen molar-refractivity contribution in [2.24, 2.45) is 5.92 Å². The molecular formula is C14H23N3O2. The van der Waals surface area contributed by atoms with Crippen molar-refractivity contribution in [3.63, 3.8) is 0 Å². The molecule has 3 rings (SSSR count). The average molecular weight is 265 g/mol. The summed E-state index contributed by atoms with van der Waals surface area (Å²) in [5.74, 6) is 1.76. The van der Waals surface area contributed by atoms with E-state index in [1.54, 1.807) is 0 Å². The number of nitrogens with zero attached hydrogens (tertiary/aromatic N) is 3. The highest BCUT2D eigenvalue weighted by atomic mass is 16.4. The molecule has 1 aromatic rings. The van der Waals surface area contributed by atoms with Crippen molar-refractivity contribution < 1.29 is 9.52 Å². The average Bonchev–Trinajstić information content (AvgIpc) is 3.00. The van der Waals surface area contributed by atoms with Crippen LogP contribution in [0, 0.1) is 12.8 Å². The van der Waals surface area contributed by atoms with Gasteiger partial charge in [-0.2, -0.15) is 0 Å². The van der Waals surface area contributed by atoms with Crippen LogP contribution in [-0.4, -0.2) is 38.9 Å². The summed E-state index contributed by atoms with van der Waals surface area (Å²) in [7, 11) is 0. The summed E-state index contributed by atoms with van der Waals surface area (Å²) in [5, 5.41) is 18.2. The van der Waals surface area contributed by atoms with Gasteiger partial charge in [0.25, 0.3) is 0 Å². The first-order valence-corrected chi connectivity index (χ1v) is 7.45. The maximum Gasteiger partial charge on any atom is 0.230 e. The number of rotatable bonds is 3. The molecule has 5 nitrogen and oxygen atoms in total. The van der Waals surface area contributed by atoms with Gasteiger partial charge in [-0.3, -0.25) is 4.90 Å². The van der Waals surface area contributed by atoms with Gasteiger partial charge in [-0.1, -0.05) is 12.8 Å². The molecule has 0 amide bonds. The number of hydrogen-bond donors (Lipinski definition) is 1. The minimum Gasteiger partial charge on any atom is -0.424 e. The van der Waals surface area contributed by atoms with Crippen LogP contribution in [0.4, 0.5) is 0 Å². The van der Waals surface area contributed by atoms with E-state index >= 15 is 0 Å². The maximum atomic E-state index is 10.2. The number of aryl methyl sites for hydroxylation is 1. The van der Waals surface area contributed by atoms with Gasteiger partial charge in [-0.05, 0) is 32.2 Å². The summed E-state index contributed by atoms with van der Waals surface area (Å²) in [6, 6.07) is 0.488. The molecule has 5 heteroatoms. The molecule has 2 fully saturated rings. The van der Waals surface area contributed by atoms with Crippen molar-refractivity contribution in [2.75, 3.05) is 6.54 Å². The van der Waals surface area contributed by atoms with Crippen LogP contribution < -0.4 is 0 Å². The Labute approximate surface area is 114 Å². The Morgan fingerprint density at radius 2 is 2.05 bits per heavy atom. The van der Waals surface area contributed by atoms with Gasteiger partial charge in [-0.25, -0.2) is 0 Å². The zero-order valence-corrected chi connectivity index (χ0v) is 11.6. The second kappa shape index (κ2) is 5.59. The Morgan fingerprint density at radius 1 is 1.21 bits per heavy atom. The van der Waals surface area contributed by atoms with Crippen LogP contribution >= 0.6 is 0 Å². The molecule has 3 atom stereocenters. The largest absolute Gasteiger partial charge is 0.424 e. The molecule has 1 N–H and O–H groups in total. The summed E-state index contributed by atoms with van der Waals surface area (Å²) in [6.45, 7) is 3.63. The van der Waals surface area contributed by atoms with Crippen LogP contribution in [0.3, 0.4) is 0 Å². The fourth-order valence-electron chi connectivity index (χ4n) is 3.70. The Balaban J connectivity index is 1.67. The van der Waals surface area contributed by atoms with Gasteiger partial charge in [-0.15, -0.1) is 10.2 Å². The molecule has 2 heterocycles. The summed E-state index contributed by atoms with van der Waals surface area (Å²) in [5.41, 5.74) is 0. The molecular weight excluding hydrogens is 242 g/mol. The van der Waals surface area contributed by atoms with Gasteiger partial charge in [0, 0.05) is 18.9 Å². The van der Waals surface area contributed by atoms with E-state index in [1.165, 1.54) is 25.7 Å². The van der Waals surface area contributed by atoms with E-state index < -0.39 is 0 Å². The molecule has 0 bridgehead atoms. The number of likely N-dealkylation sites (tertiary alicyclic amines) is 1. The van der Waals surface area contributed by atoms with Crippen molar-refractivity contribution in [3.8, 4) is 0 Å². The molecule has 1 aliphatic heterocycles. The highest BCUT2D eigenvalue weighted by molar-refractivity contribution is 4.92. The lowest BCUT2D eigenvalue weighted by atomic mass is 9.80. The molecule has 19 heavy (non-hydrogen) atoms. The Hall–Kier alpha value is -0.940. The van der Waals surface area contributed by atoms with Gasteiger partial charge in [0.05, 0.1) is 12.6 Å². The van der Waals surface area contributed by atoms with Crippen molar-refractivity contribution in [2.45, 2.75) is 64.1 Å². The first-order valence-electron chi connectivity index (χ1n) is 7.45. The topological polar surface area (TPSA) is 62.4 Å². The molecule has 0 spiro atoms.